The van der Waals surface area contributed by atoms with Gasteiger partial charge in [0.1, 0.15) is 11.0 Å². The van der Waals surface area contributed by atoms with E-state index in [-0.39, 0.29) is 5.02 Å². The molecule has 0 spiro atoms. The van der Waals surface area contributed by atoms with Gasteiger partial charge >= 0.3 is 0 Å². The van der Waals surface area contributed by atoms with Gasteiger partial charge in [-0.05, 0) is 36.8 Å². The second-order valence-corrected chi connectivity index (χ2v) is 9.41. The van der Waals surface area contributed by atoms with Crippen LogP contribution in [0.2, 0.25) is 10.0 Å². The van der Waals surface area contributed by atoms with Crippen LogP contribution in [-0.4, -0.2) is 28.1 Å². The molecule has 4 rings (SSSR count). The molecule has 6 nitrogen and oxygen atoms in total. The summed E-state index contributed by atoms with van der Waals surface area (Å²) in [5.74, 6) is -0.837. The Hall–Kier alpha value is -3.26. The zero-order valence-corrected chi connectivity index (χ0v) is 20.4. The van der Waals surface area contributed by atoms with Gasteiger partial charge in [-0.2, -0.15) is 0 Å². The summed E-state index contributed by atoms with van der Waals surface area (Å²) < 4.78 is 0. The molecule has 0 bridgehead atoms. The van der Waals surface area contributed by atoms with E-state index in [1.165, 1.54) is 17.4 Å². The summed E-state index contributed by atoms with van der Waals surface area (Å²) in [4.78, 5) is 26.0. The van der Waals surface area contributed by atoms with E-state index < -0.39 is 17.9 Å². The molecule has 1 aromatic heterocycles. The number of benzene rings is 3. The van der Waals surface area contributed by atoms with Gasteiger partial charge in [0.15, 0.2) is 0 Å². The van der Waals surface area contributed by atoms with Crippen molar-refractivity contribution in [2.24, 2.45) is 0 Å². The van der Waals surface area contributed by atoms with Gasteiger partial charge in [-0.3, -0.25) is 14.9 Å². The summed E-state index contributed by atoms with van der Waals surface area (Å²) in [5, 5.41) is 15.5. The van der Waals surface area contributed by atoms with E-state index in [1.54, 1.807) is 12.1 Å². The van der Waals surface area contributed by atoms with E-state index >= 15 is 0 Å². The molecule has 1 atom stereocenters. The number of amides is 2. The molecule has 0 unspecified atom stereocenters. The number of hydrogen-bond acceptors (Lipinski definition) is 5. The predicted octanol–water partition coefficient (Wildman–Crippen LogP) is 5.80. The largest absolute Gasteiger partial charge is 0.340 e. The van der Waals surface area contributed by atoms with Crippen molar-refractivity contribution in [3.05, 3.63) is 99.5 Å². The minimum atomic E-state index is -0.851. The maximum absolute atomic E-state index is 13.2. The quantitative estimate of drug-likeness (QED) is 0.329. The number of hydrogen-bond donors (Lipinski definition) is 2. The average molecular weight is 511 g/mol. The first kappa shape index (κ1) is 23.9. The SMILES string of the molecule is Cc1cccc(-c2nnc(NC(=O)[C@@H](Cc3ccccc3)NC(=O)c3ccc(Cl)c(Cl)c3)s2)c1. The van der Waals surface area contributed by atoms with Crippen LogP contribution in [0.5, 0.6) is 0 Å². The maximum Gasteiger partial charge on any atom is 0.251 e. The molecule has 172 valence electrons. The van der Waals surface area contributed by atoms with Crippen LogP contribution < -0.4 is 10.6 Å². The van der Waals surface area contributed by atoms with Crippen molar-refractivity contribution in [1.29, 1.82) is 0 Å². The van der Waals surface area contributed by atoms with Crippen LogP contribution in [0.25, 0.3) is 10.6 Å². The van der Waals surface area contributed by atoms with Crippen molar-refractivity contribution in [3.8, 4) is 10.6 Å². The molecule has 0 saturated heterocycles. The summed E-state index contributed by atoms with van der Waals surface area (Å²) in [7, 11) is 0. The average Bonchev–Trinajstić information content (AvgIpc) is 3.29. The lowest BCUT2D eigenvalue weighted by Crippen LogP contribution is -2.45. The molecule has 0 saturated carbocycles. The fraction of sp³-hybridized carbons (Fsp3) is 0.120. The van der Waals surface area contributed by atoms with E-state index in [1.807, 2.05) is 61.5 Å². The van der Waals surface area contributed by atoms with Crippen molar-refractivity contribution in [2.75, 3.05) is 5.32 Å². The molecular weight excluding hydrogens is 491 g/mol. The monoisotopic (exact) mass is 510 g/mol. The summed E-state index contributed by atoms with van der Waals surface area (Å²) >= 11 is 13.3. The van der Waals surface area contributed by atoms with Gasteiger partial charge in [0.05, 0.1) is 10.0 Å². The van der Waals surface area contributed by atoms with Gasteiger partial charge in [-0.25, -0.2) is 0 Å². The van der Waals surface area contributed by atoms with E-state index in [4.69, 9.17) is 23.2 Å². The van der Waals surface area contributed by atoms with E-state index in [2.05, 4.69) is 20.8 Å². The molecule has 9 heteroatoms. The predicted molar refractivity (Wildman–Crippen MR) is 137 cm³/mol. The lowest BCUT2D eigenvalue weighted by Gasteiger charge is -2.18. The Morgan fingerprint density at radius 2 is 1.74 bits per heavy atom. The molecule has 4 aromatic rings. The highest BCUT2D eigenvalue weighted by Gasteiger charge is 2.24. The molecule has 0 aliphatic carbocycles. The Kier molecular flexibility index (Phi) is 7.57. The highest BCUT2D eigenvalue weighted by atomic mass is 35.5. The van der Waals surface area contributed by atoms with Crippen molar-refractivity contribution in [2.45, 2.75) is 19.4 Å². The lowest BCUT2D eigenvalue weighted by molar-refractivity contribution is -0.118. The normalized spacial score (nSPS) is 11.6. The third-order valence-electron chi connectivity index (χ3n) is 5.01. The van der Waals surface area contributed by atoms with Crippen LogP contribution >= 0.6 is 34.5 Å². The van der Waals surface area contributed by atoms with Crippen molar-refractivity contribution in [1.82, 2.24) is 15.5 Å². The zero-order valence-electron chi connectivity index (χ0n) is 18.1. The van der Waals surface area contributed by atoms with Crippen LogP contribution in [0.3, 0.4) is 0 Å². The second kappa shape index (κ2) is 10.8. The summed E-state index contributed by atoms with van der Waals surface area (Å²) in [6.07, 6.45) is 0.295. The summed E-state index contributed by atoms with van der Waals surface area (Å²) in [6.45, 7) is 2.00. The fourth-order valence-corrected chi connectivity index (χ4v) is 4.34. The summed E-state index contributed by atoms with van der Waals surface area (Å²) in [6, 6.07) is 21.0. The second-order valence-electron chi connectivity index (χ2n) is 7.62. The maximum atomic E-state index is 13.2. The Labute approximate surface area is 211 Å². The minimum absolute atomic E-state index is 0.260. The molecule has 0 aliphatic heterocycles. The number of aromatic nitrogens is 2. The third kappa shape index (κ3) is 5.99. The first-order chi connectivity index (χ1) is 16.4. The van der Waals surface area contributed by atoms with E-state index in [9.17, 15) is 9.59 Å². The Bertz CT molecular complexity index is 1330. The van der Waals surface area contributed by atoms with Gasteiger partial charge in [-0.1, -0.05) is 88.6 Å². The van der Waals surface area contributed by atoms with Crippen molar-refractivity contribution < 1.29 is 9.59 Å². The molecule has 3 aromatic carbocycles. The van der Waals surface area contributed by atoms with E-state index in [0.717, 1.165) is 16.7 Å². The first-order valence-electron chi connectivity index (χ1n) is 10.4. The van der Waals surface area contributed by atoms with Gasteiger partial charge in [0.2, 0.25) is 11.0 Å². The van der Waals surface area contributed by atoms with Crippen molar-refractivity contribution in [3.63, 3.8) is 0 Å². The van der Waals surface area contributed by atoms with Gasteiger partial charge in [0.25, 0.3) is 5.91 Å². The topological polar surface area (TPSA) is 84.0 Å². The van der Waals surface area contributed by atoms with Gasteiger partial charge in [0, 0.05) is 17.5 Å². The van der Waals surface area contributed by atoms with Gasteiger partial charge in [-0.15, -0.1) is 10.2 Å². The smallest absolute Gasteiger partial charge is 0.251 e. The fourth-order valence-electron chi connectivity index (χ4n) is 3.30. The molecule has 0 radical (unpaired) electrons. The number of nitrogens with one attached hydrogen (secondary N) is 2. The first-order valence-corrected chi connectivity index (χ1v) is 12.0. The number of rotatable bonds is 7. The number of anilines is 1. The van der Waals surface area contributed by atoms with Gasteiger partial charge < -0.3 is 5.32 Å². The molecule has 2 amide bonds. The number of nitrogens with zero attached hydrogens (tertiary/aromatic N) is 2. The highest BCUT2D eigenvalue weighted by Crippen LogP contribution is 2.27. The zero-order chi connectivity index (χ0) is 24.1. The van der Waals surface area contributed by atoms with Crippen LogP contribution in [0.4, 0.5) is 5.13 Å². The van der Waals surface area contributed by atoms with E-state index in [0.29, 0.717) is 27.1 Å². The van der Waals surface area contributed by atoms with Crippen LogP contribution in [0, 0.1) is 6.92 Å². The third-order valence-corrected chi connectivity index (χ3v) is 6.63. The minimum Gasteiger partial charge on any atom is -0.340 e. The highest BCUT2D eigenvalue weighted by molar-refractivity contribution is 7.18. The van der Waals surface area contributed by atoms with Crippen LogP contribution in [0.15, 0.2) is 72.8 Å². The van der Waals surface area contributed by atoms with Crippen molar-refractivity contribution >= 4 is 51.5 Å². The Morgan fingerprint density at radius 3 is 2.47 bits per heavy atom. The molecule has 0 fully saturated rings. The molecule has 2 N–H and O–H groups in total. The molecule has 34 heavy (non-hydrogen) atoms. The molecule has 1 heterocycles. The van der Waals surface area contributed by atoms with Crippen LogP contribution in [-0.2, 0) is 11.2 Å². The Morgan fingerprint density at radius 1 is 0.941 bits per heavy atom. The van der Waals surface area contributed by atoms with Crippen LogP contribution in [0.1, 0.15) is 21.5 Å². The molecular formula is C25H20Cl2N4O2S. The number of carbonyl (C=O) groups excluding carboxylic acids is 2. The summed E-state index contributed by atoms with van der Waals surface area (Å²) in [5.41, 5.74) is 3.23. The number of halogens is 2. The standard InChI is InChI=1S/C25H20Cl2N4O2S/c1-15-6-5-9-18(12-15)24-30-31-25(34-24)29-23(33)21(13-16-7-3-2-4-8-16)28-22(32)17-10-11-19(26)20(27)14-17/h2-12,14,21H,13H2,1H3,(H,28,32)(H,29,31,33)/t21-/m1/s1. The Balaban J connectivity index is 1.53. The molecule has 0 aliphatic rings. The number of aryl methyl sites for hydroxylation is 1. The number of carbonyl (C=O) groups is 2. The lowest BCUT2D eigenvalue weighted by atomic mass is 10.0.